The van der Waals surface area contributed by atoms with Crippen LogP contribution in [-0.2, 0) is 21.9 Å². The van der Waals surface area contributed by atoms with Crippen LogP contribution in [0, 0.1) is 18.6 Å². The van der Waals surface area contributed by atoms with Crippen molar-refractivity contribution < 1.29 is 73.4 Å². The predicted octanol–water partition coefficient (Wildman–Crippen LogP) is 1.39. The molecule has 0 bridgehead atoms. The molecule has 1 aromatic carbocycles. The minimum Gasteiger partial charge on any atom is -0.542 e. The van der Waals surface area contributed by atoms with Gasteiger partial charge in [-0.3, -0.25) is 4.68 Å². The van der Waals surface area contributed by atoms with Crippen LogP contribution in [0.15, 0.2) is 30.5 Å². The van der Waals surface area contributed by atoms with Gasteiger partial charge >= 0.3 is 51.4 Å². The van der Waals surface area contributed by atoms with Crippen molar-refractivity contribution in [1.29, 1.82) is 0 Å². The van der Waals surface area contributed by atoms with E-state index in [0.717, 1.165) is 31.1 Å². The number of aromatic nitrogens is 3. The predicted molar refractivity (Wildman–Crippen MR) is 115 cm³/mol. The molecule has 0 saturated carbocycles. The molecule has 0 spiro atoms. The number of hydrogen-bond acceptors (Lipinski definition) is 4. The third-order valence-electron chi connectivity index (χ3n) is 4.83. The number of carbonyl (C=O) groups is 1. The van der Waals surface area contributed by atoms with Crippen molar-refractivity contribution in [3.63, 3.8) is 0 Å². The van der Waals surface area contributed by atoms with Crippen molar-refractivity contribution >= 4 is 32.9 Å². The summed E-state index contributed by atoms with van der Waals surface area (Å²) in [5.74, 6) is -2.48. The summed E-state index contributed by atoms with van der Waals surface area (Å²) in [4.78, 5) is 12.1. The summed E-state index contributed by atoms with van der Waals surface area (Å²) in [5, 5.41) is 4.83. The number of benzene rings is 1. The molecule has 0 radical (unpaired) electrons. The fraction of sp³-hybridized carbons (Fsp3) is 0.333. The standard InChI is InChI=1S/C21H24F2N4O3S.K/c1-4-5-6-11-31(29,30)25-20(28)8-7-16-14(2)24-26(3)21(16)27-10-9-15-12-17(22)18(23)13-19(15)27;/h7-10,12-13H,4-6,11H2,1-3H3,(H,25,28);/q;+1/p-1/b8-7+;. The topological polar surface area (TPSA) is 88.1 Å². The van der Waals surface area contributed by atoms with Gasteiger partial charge in [0.1, 0.15) is 5.82 Å². The van der Waals surface area contributed by atoms with Crippen LogP contribution < -0.4 is 51.4 Å². The zero-order valence-electron chi connectivity index (χ0n) is 18.5. The number of amides is 1. The molecule has 0 atom stereocenters. The van der Waals surface area contributed by atoms with Crippen LogP contribution >= 0.6 is 0 Å². The Morgan fingerprint density at radius 3 is 2.59 bits per heavy atom. The van der Waals surface area contributed by atoms with Crippen LogP contribution in [0.5, 0.6) is 0 Å². The van der Waals surface area contributed by atoms with E-state index in [4.69, 9.17) is 0 Å². The Morgan fingerprint density at radius 1 is 1.22 bits per heavy atom. The summed E-state index contributed by atoms with van der Waals surface area (Å²) >= 11 is 0. The molecule has 0 fully saturated rings. The van der Waals surface area contributed by atoms with E-state index < -0.39 is 27.6 Å². The Morgan fingerprint density at radius 2 is 1.91 bits per heavy atom. The zero-order valence-corrected chi connectivity index (χ0v) is 22.4. The van der Waals surface area contributed by atoms with E-state index in [1.807, 2.05) is 6.92 Å². The first-order valence-corrected chi connectivity index (χ1v) is 11.4. The summed E-state index contributed by atoms with van der Waals surface area (Å²) in [6.07, 6.45) is 6.18. The van der Waals surface area contributed by atoms with Crippen LogP contribution in [0.3, 0.4) is 0 Å². The van der Waals surface area contributed by atoms with Gasteiger partial charge in [0.2, 0.25) is 0 Å². The zero-order chi connectivity index (χ0) is 22.8. The van der Waals surface area contributed by atoms with Crippen LogP contribution in [0.4, 0.5) is 8.78 Å². The molecule has 0 aliphatic heterocycles. The normalized spacial score (nSPS) is 11.8. The van der Waals surface area contributed by atoms with E-state index >= 15 is 0 Å². The van der Waals surface area contributed by atoms with Crippen molar-refractivity contribution in [3.05, 3.63) is 58.1 Å². The van der Waals surface area contributed by atoms with E-state index in [1.54, 1.807) is 35.5 Å². The number of halogens is 2. The van der Waals surface area contributed by atoms with Gasteiger partial charge in [-0.1, -0.05) is 19.8 Å². The summed E-state index contributed by atoms with van der Waals surface area (Å²) < 4.78 is 57.8. The maximum absolute atomic E-state index is 13.8. The third-order valence-corrected chi connectivity index (χ3v) is 6.09. The molecule has 0 saturated heterocycles. The molecule has 32 heavy (non-hydrogen) atoms. The molecule has 11 heteroatoms. The number of sulfonamides is 1. The van der Waals surface area contributed by atoms with Crippen molar-refractivity contribution in [2.45, 2.75) is 33.1 Å². The minimum absolute atomic E-state index is 0. The fourth-order valence-corrected chi connectivity index (χ4v) is 4.35. The molecule has 3 rings (SSSR count). The first-order chi connectivity index (χ1) is 14.6. The average molecular weight is 489 g/mol. The number of fused-ring (bicyclic) bond motifs is 1. The molecule has 0 aliphatic rings. The summed E-state index contributed by atoms with van der Waals surface area (Å²) in [7, 11) is -2.16. The molecule has 166 valence electrons. The van der Waals surface area contributed by atoms with Crippen molar-refractivity contribution in [2.24, 2.45) is 7.05 Å². The molecule has 0 unspecified atom stereocenters. The van der Waals surface area contributed by atoms with E-state index in [9.17, 15) is 22.0 Å². The van der Waals surface area contributed by atoms with Crippen LogP contribution in [0.25, 0.3) is 27.5 Å². The fourth-order valence-electron chi connectivity index (χ4n) is 3.36. The van der Waals surface area contributed by atoms with Gasteiger partial charge in [-0.05, 0) is 37.6 Å². The maximum Gasteiger partial charge on any atom is 1.00 e. The van der Waals surface area contributed by atoms with Crippen LogP contribution in [-0.4, -0.2) is 34.4 Å². The van der Waals surface area contributed by atoms with E-state index in [-0.39, 0.29) is 57.1 Å². The number of unbranched alkanes of at least 4 members (excludes halogenated alkanes) is 2. The molecular formula is C21H23F2KN4O3S. The largest absolute Gasteiger partial charge is 1.00 e. The molecule has 7 nitrogen and oxygen atoms in total. The molecule has 3 aromatic rings. The molecule has 0 aliphatic carbocycles. The van der Waals surface area contributed by atoms with Crippen molar-refractivity contribution in [3.8, 4) is 5.82 Å². The van der Waals surface area contributed by atoms with E-state index in [2.05, 4.69) is 9.82 Å². The average Bonchev–Trinajstić information content (AvgIpc) is 3.19. The summed E-state index contributed by atoms with van der Waals surface area (Å²) in [6.45, 7) is 3.67. The molecule has 1 amide bonds. The second-order valence-corrected chi connectivity index (χ2v) is 8.97. The molecule has 2 heterocycles. The van der Waals surface area contributed by atoms with Gasteiger partial charge < -0.3 is 14.1 Å². The third kappa shape index (κ3) is 6.15. The van der Waals surface area contributed by atoms with E-state index in [0.29, 0.717) is 34.4 Å². The molecule has 0 N–H and O–H groups in total. The maximum atomic E-state index is 13.8. The van der Waals surface area contributed by atoms with Gasteiger partial charge in [-0.15, -0.1) is 0 Å². The summed E-state index contributed by atoms with van der Waals surface area (Å²) in [5.41, 5.74) is 1.51. The Hall–Kier alpha value is -1.37. The van der Waals surface area contributed by atoms with Gasteiger partial charge in [0.15, 0.2) is 11.6 Å². The number of carbonyl (C=O) groups excluding carboxylic acids is 1. The van der Waals surface area contributed by atoms with Gasteiger partial charge in [-0.2, -0.15) is 5.10 Å². The second-order valence-electron chi connectivity index (χ2n) is 7.21. The van der Waals surface area contributed by atoms with E-state index in [1.165, 1.54) is 6.08 Å². The quantitative estimate of drug-likeness (QED) is 0.272. The van der Waals surface area contributed by atoms with Gasteiger partial charge in [0.05, 0.1) is 27.1 Å². The Kier molecular flexibility index (Phi) is 9.38. The SMILES string of the molecule is CCCCCS(=O)(=O)[N-]C(=O)/C=C/c1c(C)nn(C)c1-n1ccc2cc(F)c(F)cc21.[K+]. The minimum atomic E-state index is -3.83. The van der Waals surface area contributed by atoms with Crippen molar-refractivity contribution in [2.75, 3.05) is 5.75 Å². The van der Waals surface area contributed by atoms with Gasteiger partial charge in [-0.25, -0.2) is 17.2 Å². The van der Waals surface area contributed by atoms with Crippen LogP contribution in [0.1, 0.15) is 37.4 Å². The number of nitrogens with zero attached hydrogens (tertiary/aromatic N) is 4. The van der Waals surface area contributed by atoms with Crippen molar-refractivity contribution in [1.82, 2.24) is 14.3 Å². The van der Waals surface area contributed by atoms with Gasteiger partial charge in [0.25, 0.3) is 0 Å². The Bertz CT molecular complexity index is 1270. The molecular weight excluding hydrogens is 465 g/mol. The monoisotopic (exact) mass is 488 g/mol. The number of aryl methyl sites for hydroxylation is 2. The number of hydrogen-bond donors (Lipinski definition) is 0. The smallest absolute Gasteiger partial charge is 0.542 e. The first-order valence-electron chi connectivity index (χ1n) is 9.80. The Labute approximate surface area is 228 Å². The molecule has 2 aromatic heterocycles. The van der Waals surface area contributed by atoms with Crippen LogP contribution in [0.2, 0.25) is 0 Å². The number of rotatable bonds is 8. The Balaban J connectivity index is 0.00000363. The van der Waals surface area contributed by atoms with Gasteiger partial charge in [0, 0.05) is 36.0 Å². The summed E-state index contributed by atoms with van der Waals surface area (Å²) in [6, 6.07) is 3.83. The second kappa shape index (κ2) is 11.2. The first kappa shape index (κ1) is 26.9.